The number of rotatable bonds is 4. The van der Waals surface area contributed by atoms with Gasteiger partial charge in [0.15, 0.2) is 0 Å². The molecule has 2 radical (unpaired) electrons. The van der Waals surface area contributed by atoms with Crippen LogP contribution < -0.4 is 0 Å². The average molecular weight is 235 g/mol. The summed E-state index contributed by atoms with van der Waals surface area (Å²) in [7, 11) is 8.09. The molecule has 16 heavy (non-hydrogen) atoms. The van der Waals surface area contributed by atoms with Gasteiger partial charge in [-0.3, -0.25) is 0 Å². The zero-order valence-corrected chi connectivity index (χ0v) is 11.5. The summed E-state index contributed by atoms with van der Waals surface area (Å²) in [5, 5.41) is 0. The maximum absolute atomic E-state index is 4.02. The normalized spacial score (nSPS) is 9.56. The fraction of sp³-hybridized carbons (Fsp3) is 0.429. The highest BCUT2D eigenvalue weighted by Crippen LogP contribution is 2.13. The molecule has 0 aliphatic heterocycles. The lowest BCUT2D eigenvalue weighted by molar-refractivity contribution is 0.437. The Morgan fingerprint density at radius 3 is 2.12 bits per heavy atom. The van der Waals surface area contributed by atoms with Crippen LogP contribution in [0.4, 0.5) is 0 Å². The molecule has 0 aliphatic rings. The van der Waals surface area contributed by atoms with E-state index in [4.69, 9.17) is 0 Å². The summed E-state index contributed by atoms with van der Waals surface area (Å²) < 4.78 is 0. The van der Waals surface area contributed by atoms with Crippen LogP contribution in [0, 0.1) is 0 Å². The molecule has 0 unspecified atom stereocenters. The molecule has 88 valence electrons. The van der Waals surface area contributed by atoms with E-state index in [2.05, 4.69) is 39.8 Å². The first-order valence-corrected chi connectivity index (χ1v) is 6.23. The first-order valence-electron chi connectivity index (χ1n) is 5.60. The summed E-state index contributed by atoms with van der Waals surface area (Å²) >= 11 is 0. The Balaban J connectivity index is 0.000000325. The lowest BCUT2D eigenvalue weighted by Crippen LogP contribution is -2.13. The molecule has 1 aromatic carbocycles. The van der Waals surface area contributed by atoms with Gasteiger partial charge in [0.25, 0.3) is 0 Å². The fourth-order valence-electron chi connectivity index (χ4n) is 1.08. The molecule has 1 rings (SSSR count). The zero-order chi connectivity index (χ0) is 12.4. The van der Waals surface area contributed by atoms with E-state index >= 15 is 0 Å². The molecule has 0 aromatic heterocycles. The number of nitrogens with zero attached hydrogens (tertiary/aromatic N) is 1. The molecule has 0 saturated carbocycles. The molecular formula is C14H22NP. The van der Waals surface area contributed by atoms with E-state index in [1.807, 2.05) is 32.3 Å². The van der Waals surface area contributed by atoms with Crippen LogP contribution in [0.3, 0.4) is 0 Å². The van der Waals surface area contributed by atoms with Gasteiger partial charge in [-0.25, -0.2) is 0 Å². The topological polar surface area (TPSA) is 3.24 Å². The SMILES string of the molecule is C=C(CC)c1ccccc1.CN(C)CC[P]. The minimum atomic E-state index is 0.951. The second-order valence-corrected chi connectivity index (χ2v) is 4.30. The fourth-order valence-corrected chi connectivity index (χ4v) is 1.48. The van der Waals surface area contributed by atoms with Crippen molar-refractivity contribution in [2.45, 2.75) is 13.3 Å². The number of hydrogen-bond donors (Lipinski definition) is 0. The summed E-state index contributed by atoms with van der Waals surface area (Å²) in [5.41, 5.74) is 2.46. The predicted octanol–water partition coefficient (Wildman–Crippen LogP) is 4.07. The lowest BCUT2D eigenvalue weighted by atomic mass is 10.1. The predicted molar refractivity (Wildman–Crippen MR) is 76.1 cm³/mol. The van der Waals surface area contributed by atoms with E-state index in [0.717, 1.165) is 19.1 Å². The van der Waals surface area contributed by atoms with Crippen molar-refractivity contribution in [3.05, 3.63) is 42.5 Å². The van der Waals surface area contributed by atoms with Gasteiger partial charge < -0.3 is 4.90 Å². The summed E-state index contributed by atoms with van der Waals surface area (Å²) in [5.74, 6) is 0. The second-order valence-electron chi connectivity index (χ2n) is 3.85. The molecule has 0 fully saturated rings. The van der Waals surface area contributed by atoms with Crippen LogP contribution in [0.1, 0.15) is 18.9 Å². The Morgan fingerprint density at radius 2 is 1.81 bits per heavy atom. The van der Waals surface area contributed by atoms with Crippen LogP contribution in [0.25, 0.3) is 5.57 Å². The van der Waals surface area contributed by atoms with E-state index in [-0.39, 0.29) is 0 Å². The van der Waals surface area contributed by atoms with E-state index in [1.54, 1.807) is 0 Å². The largest absolute Gasteiger partial charge is 0.309 e. The zero-order valence-electron chi connectivity index (χ0n) is 10.6. The van der Waals surface area contributed by atoms with Crippen molar-refractivity contribution < 1.29 is 0 Å². The van der Waals surface area contributed by atoms with Gasteiger partial charge in [0.2, 0.25) is 0 Å². The van der Waals surface area contributed by atoms with Gasteiger partial charge in [-0.05, 0) is 47.1 Å². The summed E-state index contributed by atoms with van der Waals surface area (Å²) in [6.45, 7) is 7.14. The van der Waals surface area contributed by atoms with Crippen molar-refractivity contribution in [3.63, 3.8) is 0 Å². The molecule has 0 bridgehead atoms. The van der Waals surface area contributed by atoms with E-state index in [1.165, 1.54) is 11.1 Å². The second kappa shape index (κ2) is 9.57. The number of hydrogen-bond acceptors (Lipinski definition) is 1. The van der Waals surface area contributed by atoms with Crippen molar-refractivity contribution in [1.29, 1.82) is 0 Å². The molecule has 0 amide bonds. The van der Waals surface area contributed by atoms with Gasteiger partial charge in [-0.2, -0.15) is 0 Å². The molecule has 0 atom stereocenters. The molecule has 0 heterocycles. The van der Waals surface area contributed by atoms with Crippen molar-refractivity contribution in [3.8, 4) is 0 Å². The van der Waals surface area contributed by atoms with Gasteiger partial charge in [0.05, 0.1) is 0 Å². The van der Waals surface area contributed by atoms with Crippen molar-refractivity contribution in [2.24, 2.45) is 0 Å². The van der Waals surface area contributed by atoms with Crippen LogP contribution in [0.5, 0.6) is 0 Å². The third-order valence-electron chi connectivity index (χ3n) is 2.16. The Kier molecular flexibility index (Phi) is 9.18. The third-order valence-corrected chi connectivity index (χ3v) is 2.36. The highest BCUT2D eigenvalue weighted by atomic mass is 31.0. The monoisotopic (exact) mass is 235 g/mol. The Hall–Kier alpha value is -0.650. The molecule has 0 aliphatic carbocycles. The van der Waals surface area contributed by atoms with Crippen LogP contribution in [-0.2, 0) is 0 Å². The Bertz CT molecular complexity index is 280. The Morgan fingerprint density at radius 1 is 1.25 bits per heavy atom. The van der Waals surface area contributed by atoms with Crippen LogP contribution >= 0.6 is 9.24 Å². The van der Waals surface area contributed by atoms with Crippen LogP contribution in [-0.4, -0.2) is 31.7 Å². The molecule has 0 N–H and O–H groups in total. The van der Waals surface area contributed by atoms with Crippen molar-refractivity contribution >= 4 is 14.8 Å². The Labute approximate surface area is 103 Å². The number of allylic oxidation sites excluding steroid dienone is 1. The summed E-state index contributed by atoms with van der Waals surface area (Å²) in [4.78, 5) is 2.10. The van der Waals surface area contributed by atoms with E-state index in [0.29, 0.717) is 0 Å². The quantitative estimate of drug-likeness (QED) is 0.711. The van der Waals surface area contributed by atoms with Crippen LogP contribution in [0.15, 0.2) is 36.9 Å². The minimum Gasteiger partial charge on any atom is -0.309 e. The third kappa shape index (κ3) is 7.62. The minimum absolute atomic E-state index is 0.951. The van der Waals surface area contributed by atoms with Gasteiger partial charge in [-0.1, -0.05) is 43.8 Å². The smallest absolute Gasteiger partial charge is 0.00211 e. The van der Waals surface area contributed by atoms with Gasteiger partial charge >= 0.3 is 0 Å². The highest BCUT2D eigenvalue weighted by molar-refractivity contribution is 7.16. The average Bonchev–Trinajstić information content (AvgIpc) is 2.30. The maximum atomic E-state index is 4.02. The van der Waals surface area contributed by atoms with Gasteiger partial charge in [0, 0.05) is 6.54 Å². The standard InChI is InChI=1S/C10H12.C4H10NP/c1-3-9(2)10-7-5-4-6-8-10;1-5(2)3-4-6/h4-8H,2-3H2,1H3;3-4H2,1-2H3. The molecule has 0 saturated heterocycles. The highest BCUT2D eigenvalue weighted by Gasteiger charge is 1.91. The van der Waals surface area contributed by atoms with Crippen molar-refractivity contribution in [2.75, 3.05) is 26.8 Å². The number of benzene rings is 1. The first kappa shape index (κ1) is 15.3. The van der Waals surface area contributed by atoms with Crippen LogP contribution in [0.2, 0.25) is 0 Å². The summed E-state index contributed by atoms with van der Waals surface area (Å²) in [6, 6.07) is 10.3. The van der Waals surface area contributed by atoms with E-state index in [9.17, 15) is 0 Å². The molecule has 1 aromatic rings. The van der Waals surface area contributed by atoms with Gasteiger partial charge in [0.1, 0.15) is 0 Å². The lowest BCUT2D eigenvalue weighted by Gasteiger charge is -2.03. The first-order chi connectivity index (χ1) is 7.61. The van der Waals surface area contributed by atoms with Gasteiger partial charge in [-0.15, -0.1) is 0 Å². The molecular weight excluding hydrogens is 213 g/mol. The summed E-state index contributed by atoms with van der Waals surface area (Å²) in [6.07, 6.45) is 1.98. The maximum Gasteiger partial charge on any atom is 0.00211 e. The van der Waals surface area contributed by atoms with Crippen molar-refractivity contribution in [1.82, 2.24) is 4.90 Å². The molecule has 1 nitrogen and oxygen atoms in total. The molecule has 2 heteroatoms. The van der Waals surface area contributed by atoms with E-state index < -0.39 is 0 Å². The molecule has 0 spiro atoms.